The van der Waals surface area contributed by atoms with Crippen LogP contribution in [0.2, 0.25) is 0 Å². The van der Waals surface area contributed by atoms with Gasteiger partial charge in [0.15, 0.2) is 11.6 Å². The summed E-state index contributed by atoms with van der Waals surface area (Å²) in [6.07, 6.45) is 4.94. The summed E-state index contributed by atoms with van der Waals surface area (Å²) in [6.45, 7) is 0.762. The highest BCUT2D eigenvalue weighted by Crippen LogP contribution is 2.44. The molecule has 0 radical (unpaired) electrons. The zero-order valence-electron chi connectivity index (χ0n) is 16.0. The predicted molar refractivity (Wildman–Crippen MR) is 103 cm³/mol. The number of hydrogen-bond acceptors (Lipinski definition) is 6. The van der Waals surface area contributed by atoms with E-state index in [1.54, 1.807) is 0 Å². The Hall–Kier alpha value is -3.03. The van der Waals surface area contributed by atoms with Crippen LogP contribution < -0.4 is 0 Å². The summed E-state index contributed by atoms with van der Waals surface area (Å²) in [5.74, 6) is -0.397. The fourth-order valence-corrected chi connectivity index (χ4v) is 4.76. The molecule has 2 saturated heterocycles. The molecule has 2 aliphatic rings. The molecule has 2 aromatic rings. The maximum atomic E-state index is 13.1. The van der Waals surface area contributed by atoms with Gasteiger partial charge in [0.2, 0.25) is 0 Å². The van der Waals surface area contributed by atoms with Crippen molar-refractivity contribution in [2.75, 3.05) is 13.7 Å². The molecular weight excluding hydrogens is 375 g/mol. The average molecular weight is 396 g/mol. The minimum absolute atomic E-state index is 0.0496. The van der Waals surface area contributed by atoms with Crippen LogP contribution in [0.25, 0.3) is 21.8 Å². The molecule has 3 heterocycles. The number of methoxy groups -OCH3 is 1. The van der Waals surface area contributed by atoms with Gasteiger partial charge < -0.3 is 4.74 Å². The summed E-state index contributed by atoms with van der Waals surface area (Å²) in [5, 5.41) is 3.97. The Labute approximate surface area is 167 Å². The van der Waals surface area contributed by atoms with E-state index in [1.807, 2.05) is 24.3 Å². The van der Waals surface area contributed by atoms with Crippen molar-refractivity contribution in [3.63, 3.8) is 0 Å². The van der Waals surface area contributed by atoms with Crippen molar-refractivity contribution >= 4 is 5.97 Å². The van der Waals surface area contributed by atoms with E-state index in [4.69, 9.17) is 10.3 Å². The molecule has 1 aromatic heterocycles. The number of fused-ring (bicyclic) bond motifs is 1. The molecule has 0 bridgehead atoms. The molecule has 0 aliphatic carbocycles. The lowest BCUT2D eigenvalue weighted by atomic mass is 9.86. The highest BCUT2D eigenvalue weighted by Gasteiger charge is 2.57. The zero-order valence-corrected chi connectivity index (χ0v) is 16.0. The number of aromatic nitrogens is 2. The quantitative estimate of drug-likeness (QED) is 0.334. The number of hydrogen-bond donors (Lipinski definition) is 0. The number of ether oxygens (including phenoxy) is 1. The number of carbonyl (C=O) groups excluding carboxylic acids is 1. The first-order valence-corrected chi connectivity index (χ1v) is 9.53. The van der Waals surface area contributed by atoms with Crippen molar-refractivity contribution in [3.8, 4) is 11.4 Å². The largest absolute Gasteiger partial charge is 0.468 e. The van der Waals surface area contributed by atoms with Gasteiger partial charge in [-0.25, -0.2) is 14.4 Å². The average Bonchev–Trinajstić information content (AvgIpc) is 3.32. The second kappa shape index (κ2) is 7.77. The van der Waals surface area contributed by atoms with E-state index < -0.39 is 11.4 Å². The topological polar surface area (TPSA) is 104 Å². The lowest BCUT2D eigenvalue weighted by Gasteiger charge is -2.35. The van der Waals surface area contributed by atoms with Gasteiger partial charge in [0, 0.05) is 22.9 Å². The maximum Gasteiger partial charge on any atom is 0.326 e. The third-order valence-corrected chi connectivity index (χ3v) is 5.91. The van der Waals surface area contributed by atoms with Gasteiger partial charge in [-0.15, -0.1) is 0 Å². The van der Waals surface area contributed by atoms with E-state index in [0.717, 1.165) is 42.9 Å². The molecule has 150 valence electrons. The van der Waals surface area contributed by atoms with E-state index in [1.165, 1.54) is 7.11 Å². The minimum Gasteiger partial charge on any atom is -0.468 e. The zero-order chi connectivity index (χ0) is 20.4. The summed E-state index contributed by atoms with van der Waals surface area (Å²) in [4.78, 5) is 26.2. The Bertz CT molecular complexity index is 962. The second-order valence-electron chi connectivity index (χ2n) is 7.50. The van der Waals surface area contributed by atoms with Gasteiger partial charge in [-0.1, -0.05) is 23.3 Å². The number of halogens is 1. The molecule has 0 saturated carbocycles. The molecule has 4 rings (SSSR count). The van der Waals surface area contributed by atoms with Crippen LogP contribution in [0.1, 0.15) is 24.8 Å². The Morgan fingerprint density at radius 3 is 2.97 bits per heavy atom. The van der Waals surface area contributed by atoms with Crippen LogP contribution in [-0.4, -0.2) is 52.1 Å². The third-order valence-electron chi connectivity index (χ3n) is 5.91. The smallest absolute Gasteiger partial charge is 0.326 e. The molecule has 9 heteroatoms. The van der Waals surface area contributed by atoms with E-state index in [2.05, 4.69) is 24.9 Å². The van der Waals surface area contributed by atoms with E-state index in [-0.39, 0.29) is 18.1 Å². The van der Waals surface area contributed by atoms with Crippen molar-refractivity contribution in [2.24, 2.45) is 5.11 Å². The molecule has 0 amide bonds. The van der Waals surface area contributed by atoms with Crippen LogP contribution in [0.4, 0.5) is 4.39 Å². The molecule has 0 unspecified atom stereocenters. The van der Waals surface area contributed by atoms with Gasteiger partial charge in [0.1, 0.15) is 5.54 Å². The molecule has 2 fully saturated rings. The SMILES string of the molecule is COC(=O)[C@]1(Cc2cccc(-c3ncc(F)cn3)c2)C[C@@H](N=[N+]=[N-])[C@@H]2CCCN21. The molecule has 29 heavy (non-hydrogen) atoms. The standard InChI is InChI=1S/C20H21FN6O2/c1-29-19(28)20(10-16(25-26-22)17-6-3-7-27(17)20)9-13-4-2-5-14(8-13)18-23-11-15(21)12-24-18/h2,4-5,8,11-12,16-17H,3,6-7,9-10H2,1H3/t16-,17+,20+/m1/s1. The summed E-state index contributed by atoms with van der Waals surface area (Å²) >= 11 is 0. The van der Waals surface area contributed by atoms with Gasteiger partial charge in [-0.3, -0.25) is 9.69 Å². The molecule has 2 aliphatic heterocycles. The first-order chi connectivity index (χ1) is 14.1. The molecule has 8 nitrogen and oxygen atoms in total. The third kappa shape index (κ3) is 3.43. The van der Waals surface area contributed by atoms with E-state index in [9.17, 15) is 9.18 Å². The number of benzene rings is 1. The number of rotatable bonds is 5. The highest BCUT2D eigenvalue weighted by molar-refractivity contribution is 5.82. The number of nitrogens with zero attached hydrogens (tertiary/aromatic N) is 6. The van der Waals surface area contributed by atoms with Crippen LogP contribution in [0.15, 0.2) is 41.8 Å². The highest BCUT2D eigenvalue weighted by atomic mass is 19.1. The van der Waals surface area contributed by atoms with Gasteiger partial charge >= 0.3 is 5.97 Å². The van der Waals surface area contributed by atoms with Crippen LogP contribution >= 0.6 is 0 Å². The fraction of sp³-hybridized carbons (Fsp3) is 0.450. The predicted octanol–water partition coefficient (Wildman–Crippen LogP) is 3.28. The van der Waals surface area contributed by atoms with Crippen LogP contribution in [-0.2, 0) is 16.0 Å². The Morgan fingerprint density at radius 1 is 1.45 bits per heavy atom. The molecular formula is C20H21FN6O2. The van der Waals surface area contributed by atoms with Crippen molar-refractivity contribution in [1.82, 2.24) is 14.9 Å². The van der Waals surface area contributed by atoms with E-state index in [0.29, 0.717) is 18.7 Å². The monoisotopic (exact) mass is 396 g/mol. The molecule has 0 N–H and O–H groups in total. The second-order valence-corrected chi connectivity index (χ2v) is 7.50. The Kier molecular flexibility index (Phi) is 5.17. The van der Waals surface area contributed by atoms with Gasteiger partial charge in [-0.2, -0.15) is 0 Å². The van der Waals surface area contributed by atoms with E-state index >= 15 is 0 Å². The number of esters is 1. The molecule has 3 atom stereocenters. The maximum absolute atomic E-state index is 13.1. The van der Waals surface area contributed by atoms with Crippen molar-refractivity contribution in [1.29, 1.82) is 0 Å². The van der Waals surface area contributed by atoms with Gasteiger partial charge in [-0.05, 0) is 43.0 Å². The normalized spacial score (nSPS) is 26.0. The Balaban J connectivity index is 1.70. The van der Waals surface area contributed by atoms with Crippen molar-refractivity contribution in [2.45, 2.75) is 43.3 Å². The lowest BCUT2D eigenvalue weighted by molar-refractivity contribution is -0.153. The number of carbonyl (C=O) groups is 1. The number of azide groups is 1. The minimum atomic E-state index is -0.878. The van der Waals surface area contributed by atoms with Crippen molar-refractivity contribution < 1.29 is 13.9 Å². The fourth-order valence-electron chi connectivity index (χ4n) is 4.76. The Morgan fingerprint density at radius 2 is 2.24 bits per heavy atom. The lowest BCUT2D eigenvalue weighted by Crippen LogP contribution is -2.53. The van der Waals surface area contributed by atoms with Crippen LogP contribution in [0.5, 0.6) is 0 Å². The summed E-state index contributed by atoms with van der Waals surface area (Å²) < 4.78 is 18.3. The van der Waals surface area contributed by atoms with Crippen LogP contribution in [0.3, 0.4) is 0 Å². The summed E-state index contributed by atoms with van der Waals surface area (Å²) in [5.41, 5.74) is 9.74. The van der Waals surface area contributed by atoms with Crippen molar-refractivity contribution in [3.05, 3.63) is 58.5 Å². The van der Waals surface area contributed by atoms with Crippen LogP contribution in [0, 0.1) is 5.82 Å². The first-order valence-electron chi connectivity index (χ1n) is 9.53. The van der Waals surface area contributed by atoms with Gasteiger partial charge in [0.05, 0.1) is 25.5 Å². The summed E-state index contributed by atoms with van der Waals surface area (Å²) in [7, 11) is 1.39. The van der Waals surface area contributed by atoms with Gasteiger partial charge in [0.25, 0.3) is 0 Å². The first kappa shape index (κ1) is 19.3. The summed E-state index contributed by atoms with van der Waals surface area (Å²) in [6, 6.07) is 7.34. The molecule has 0 spiro atoms. The molecule has 1 aromatic carbocycles.